The van der Waals surface area contributed by atoms with Gasteiger partial charge >= 0.3 is 5.97 Å². The van der Waals surface area contributed by atoms with Crippen LogP contribution in [0.15, 0.2) is 0 Å². The number of hydrogen-bond donors (Lipinski definition) is 0. The summed E-state index contributed by atoms with van der Waals surface area (Å²) in [5.41, 5.74) is 0. The second kappa shape index (κ2) is 9.42. The molecule has 2 fully saturated rings. The van der Waals surface area contributed by atoms with Gasteiger partial charge in [0, 0.05) is 32.5 Å². The van der Waals surface area contributed by atoms with Gasteiger partial charge in [0.25, 0.3) is 5.91 Å². The van der Waals surface area contributed by atoms with Gasteiger partial charge in [-0.3, -0.25) is 14.5 Å². The largest absolute Gasteiger partial charge is 0.452 e. The minimum Gasteiger partial charge on any atom is -0.452 e. The van der Waals surface area contributed by atoms with Crippen LogP contribution in [0, 0.1) is 11.8 Å². The van der Waals surface area contributed by atoms with Crippen molar-refractivity contribution in [3.8, 4) is 11.8 Å². The van der Waals surface area contributed by atoms with Crippen LogP contribution in [-0.4, -0.2) is 74.9 Å². The number of ether oxygens (including phenoxy) is 1. The quantitative estimate of drug-likeness (QED) is 0.384. The highest BCUT2D eigenvalue weighted by atomic mass is 28.4. The molecule has 2 heterocycles. The Morgan fingerprint density at radius 1 is 1.18 bits per heavy atom. The molecule has 0 aromatic heterocycles. The van der Waals surface area contributed by atoms with Crippen LogP contribution < -0.4 is 0 Å². The molecule has 2 saturated heterocycles. The molecule has 0 bridgehead atoms. The molecule has 0 N–H and O–H groups in total. The van der Waals surface area contributed by atoms with Gasteiger partial charge in [0.2, 0.25) is 0 Å². The lowest BCUT2D eigenvalue weighted by atomic mass is 10.2. The number of carbonyl (C=O) groups is 2. The maximum Gasteiger partial charge on any atom is 0.303 e. The first-order valence-corrected chi connectivity index (χ1v) is 13.2. The topological polar surface area (TPSA) is 59.1 Å². The summed E-state index contributed by atoms with van der Waals surface area (Å²) in [5, 5.41) is 0.225. The van der Waals surface area contributed by atoms with Crippen molar-refractivity contribution in [2.24, 2.45) is 0 Å². The molecule has 0 aliphatic carbocycles. The first-order chi connectivity index (χ1) is 13.0. The molecule has 2 aliphatic rings. The second-order valence-corrected chi connectivity index (χ2v) is 14.1. The van der Waals surface area contributed by atoms with Crippen LogP contribution in [0.25, 0.3) is 0 Å². The van der Waals surface area contributed by atoms with Crippen LogP contribution in [0.3, 0.4) is 0 Å². The maximum atomic E-state index is 12.2. The number of nitrogens with zero attached hydrogens (tertiary/aromatic N) is 2. The Balaban J connectivity index is 1.78. The van der Waals surface area contributed by atoms with Crippen molar-refractivity contribution in [3.63, 3.8) is 0 Å². The summed E-state index contributed by atoms with van der Waals surface area (Å²) in [4.78, 5) is 27.3. The summed E-state index contributed by atoms with van der Waals surface area (Å²) in [7, 11) is -1.73. The summed E-state index contributed by atoms with van der Waals surface area (Å²) < 4.78 is 11.4. The number of likely N-dealkylation sites (tertiary alicyclic amines) is 2. The lowest BCUT2D eigenvalue weighted by molar-refractivity contribution is -0.154. The van der Waals surface area contributed by atoms with Crippen LogP contribution >= 0.6 is 0 Å². The molecular formula is C21H36N2O4Si. The number of hydrogen-bond acceptors (Lipinski definition) is 5. The zero-order chi connectivity index (χ0) is 20.9. The van der Waals surface area contributed by atoms with Crippen LogP contribution in [0.2, 0.25) is 18.1 Å². The molecule has 2 atom stereocenters. The summed E-state index contributed by atoms with van der Waals surface area (Å²) in [6.07, 6.45) is 2.26. The first-order valence-electron chi connectivity index (χ1n) is 10.3. The number of carbonyl (C=O) groups excluding carboxylic acids is 2. The molecule has 1 amide bonds. The highest BCUT2D eigenvalue weighted by Crippen LogP contribution is 2.37. The minimum atomic E-state index is -1.73. The predicted molar refractivity (Wildman–Crippen MR) is 112 cm³/mol. The molecule has 28 heavy (non-hydrogen) atoms. The first kappa shape index (κ1) is 22.9. The van der Waals surface area contributed by atoms with Crippen molar-refractivity contribution in [2.75, 3.05) is 32.8 Å². The standard InChI is InChI=1S/C21H36N2O4Si/c1-17(24)27-19-11-15-23(20(19)25)13-8-7-12-22-14-9-10-18(22)16-26-28(5,6)21(2,3)4/h18-19H,9-16H2,1-6H3. The Kier molecular flexibility index (Phi) is 7.71. The van der Waals surface area contributed by atoms with E-state index in [1.54, 1.807) is 4.90 Å². The molecule has 0 aromatic carbocycles. The van der Waals surface area contributed by atoms with Gasteiger partial charge in [-0.15, -0.1) is 0 Å². The van der Waals surface area contributed by atoms with Crippen molar-refractivity contribution in [1.82, 2.24) is 9.80 Å². The molecule has 0 spiro atoms. The van der Waals surface area contributed by atoms with E-state index in [1.165, 1.54) is 13.3 Å². The molecule has 7 heteroatoms. The smallest absolute Gasteiger partial charge is 0.303 e. The molecule has 0 aromatic rings. The van der Waals surface area contributed by atoms with Gasteiger partial charge in [-0.05, 0) is 37.5 Å². The highest BCUT2D eigenvalue weighted by Gasteiger charge is 2.38. The van der Waals surface area contributed by atoms with Crippen molar-refractivity contribution in [1.29, 1.82) is 0 Å². The zero-order valence-corrected chi connectivity index (χ0v) is 19.3. The van der Waals surface area contributed by atoms with E-state index in [0.717, 1.165) is 19.6 Å². The monoisotopic (exact) mass is 408 g/mol. The third kappa shape index (κ3) is 6.07. The fourth-order valence-electron chi connectivity index (χ4n) is 3.30. The molecule has 2 rings (SSSR count). The van der Waals surface area contributed by atoms with Gasteiger partial charge in [0.05, 0.1) is 13.1 Å². The molecule has 158 valence electrons. The third-order valence-corrected chi connectivity index (χ3v) is 10.7. The molecule has 2 aliphatic heterocycles. The summed E-state index contributed by atoms with van der Waals surface area (Å²) in [6, 6.07) is 0.435. The fraction of sp³-hybridized carbons (Fsp3) is 0.810. The van der Waals surface area contributed by atoms with Crippen molar-refractivity contribution < 1.29 is 18.8 Å². The van der Waals surface area contributed by atoms with Gasteiger partial charge in [-0.2, -0.15) is 0 Å². The van der Waals surface area contributed by atoms with Gasteiger partial charge in [0.15, 0.2) is 14.4 Å². The van der Waals surface area contributed by atoms with E-state index < -0.39 is 20.4 Å². The Morgan fingerprint density at radius 3 is 2.50 bits per heavy atom. The van der Waals surface area contributed by atoms with Crippen molar-refractivity contribution in [3.05, 3.63) is 0 Å². The van der Waals surface area contributed by atoms with Crippen LogP contribution in [0.5, 0.6) is 0 Å². The van der Waals surface area contributed by atoms with Gasteiger partial charge < -0.3 is 14.1 Å². The highest BCUT2D eigenvalue weighted by molar-refractivity contribution is 6.74. The molecule has 0 radical (unpaired) electrons. The van der Waals surface area contributed by atoms with Crippen molar-refractivity contribution >= 4 is 20.2 Å². The van der Waals surface area contributed by atoms with Gasteiger partial charge in [-0.1, -0.05) is 32.6 Å². The van der Waals surface area contributed by atoms with E-state index in [9.17, 15) is 9.59 Å². The Bertz CT molecular complexity index is 633. The average Bonchev–Trinajstić information content (AvgIpc) is 3.16. The molecule has 2 unspecified atom stereocenters. The van der Waals surface area contributed by atoms with Gasteiger partial charge in [0.1, 0.15) is 0 Å². The second-order valence-electron chi connectivity index (χ2n) is 9.34. The Hall–Kier alpha value is -1.36. The number of rotatable bonds is 6. The summed E-state index contributed by atoms with van der Waals surface area (Å²) in [6.45, 7) is 16.3. The third-order valence-electron chi connectivity index (χ3n) is 6.18. The summed E-state index contributed by atoms with van der Waals surface area (Å²) >= 11 is 0. The lowest BCUT2D eigenvalue weighted by Gasteiger charge is -2.37. The Morgan fingerprint density at radius 2 is 1.86 bits per heavy atom. The fourth-order valence-corrected chi connectivity index (χ4v) is 4.34. The SMILES string of the molecule is CC(=O)OC1CCN(CC#CCN2CCCC2CO[Si](C)(C)C(C)(C)C)C1=O. The van der Waals surface area contributed by atoms with E-state index in [4.69, 9.17) is 9.16 Å². The normalized spacial score (nSPS) is 23.6. The number of amides is 1. The van der Waals surface area contributed by atoms with Crippen LogP contribution in [0.4, 0.5) is 0 Å². The predicted octanol–water partition coefficient (Wildman–Crippen LogP) is 2.64. The van der Waals surface area contributed by atoms with Crippen molar-refractivity contribution in [2.45, 2.75) is 77.2 Å². The summed E-state index contributed by atoms with van der Waals surface area (Å²) in [5.74, 6) is 5.79. The Labute approximate surface area is 171 Å². The van der Waals surface area contributed by atoms with E-state index in [1.807, 2.05) is 0 Å². The maximum absolute atomic E-state index is 12.2. The minimum absolute atomic E-state index is 0.133. The van der Waals surface area contributed by atoms with Crippen LogP contribution in [-0.2, 0) is 18.8 Å². The van der Waals surface area contributed by atoms with Crippen LogP contribution in [0.1, 0.15) is 47.0 Å². The number of esters is 1. The molecular weight excluding hydrogens is 372 g/mol. The van der Waals surface area contributed by atoms with Gasteiger partial charge in [-0.25, -0.2) is 0 Å². The lowest BCUT2D eigenvalue weighted by Crippen LogP contribution is -2.44. The average molecular weight is 409 g/mol. The van der Waals surface area contributed by atoms with E-state index in [-0.39, 0.29) is 10.9 Å². The van der Waals surface area contributed by atoms with E-state index >= 15 is 0 Å². The van der Waals surface area contributed by atoms with E-state index in [2.05, 4.69) is 50.6 Å². The molecule has 0 saturated carbocycles. The van der Waals surface area contributed by atoms with E-state index in [0.29, 0.717) is 32.1 Å². The molecule has 6 nitrogen and oxygen atoms in total. The zero-order valence-electron chi connectivity index (χ0n) is 18.3.